The number of aryl methyl sites for hydroxylation is 1. The molecule has 2 N–H and O–H groups in total. The third kappa shape index (κ3) is 5.65. The molecule has 3 heterocycles. The van der Waals surface area contributed by atoms with Crippen molar-refractivity contribution < 1.29 is 19.1 Å². The van der Waals surface area contributed by atoms with Crippen LogP contribution in [0.1, 0.15) is 60.5 Å². The van der Waals surface area contributed by atoms with Crippen molar-refractivity contribution in [2.45, 2.75) is 62.9 Å². The summed E-state index contributed by atoms with van der Waals surface area (Å²) < 4.78 is 10.8. The maximum Gasteiger partial charge on any atom is 0.253 e. The molecule has 0 bridgehead atoms. The Balaban J connectivity index is 1.08. The topological polar surface area (TPSA) is 79.9 Å². The van der Waals surface area contributed by atoms with Crippen LogP contribution in [0.5, 0.6) is 11.5 Å². The van der Waals surface area contributed by atoms with E-state index in [0.29, 0.717) is 19.6 Å². The molecule has 0 aromatic heterocycles. The largest absolute Gasteiger partial charge is 0.454 e. The molecule has 2 fully saturated rings. The maximum atomic E-state index is 13.1. The summed E-state index contributed by atoms with van der Waals surface area (Å²) in [7, 11) is 0. The zero-order valence-corrected chi connectivity index (χ0v) is 21.7. The van der Waals surface area contributed by atoms with Crippen LogP contribution in [-0.4, -0.2) is 53.3 Å². The van der Waals surface area contributed by atoms with Crippen LogP contribution in [0.2, 0.25) is 0 Å². The second-order valence-corrected chi connectivity index (χ2v) is 11.3. The van der Waals surface area contributed by atoms with Crippen molar-refractivity contribution in [3.8, 4) is 11.5 Å². The zero-order chi connectivity index (χ0) is 25.0. The predicted molar refractivity (Wildman–Crippen MR) is 141 cm³/mol. The lowest BCUT2D eigenvalue weighted by molar-refractivity contribution is -0.122. The minimum atomic E-state index is -0.230. The smallest absolute Gasteiger partial charge is 0.253 e. The first-order chi connectivity index (χ1) is 17.5. The van der Waals surface area contributed by atoms with Crippen LogP contribution in [0.15, 0.2) is 42.5 Å². The molecule has 0 radical (unpaired) electrons. The summed E-state index contributed by atoms with van der Waals surface area (Å²) >= 11 is 1.81. The molecule has 3 aliphatic heterocycles. The van der Waals surface area contributed by atoms with E-state index in [1.54, 1.807) is 0 Å². The van der Waals surface area contributed by atoms with Crippen molar-refractivity contribution in [2.24, 2.45) is 0 Å². The fraction of sp³-hybridized carbons (Fsp3) is 0.500. The van der Waals surface area contributed by atoms with E-state index in [1.165, 1.54) is 24.8 Å². The van der Waals surface area contributed by atoms with Crippen molar-refractivity contribution in [3.05, 3.63) is 59.2 Å². The first-order valence-electron chi connectivity index (χ1n) is 13.0. The van der Waals surface area contributed by atoms with Gasteiger partial charge in [-0.05, 0) is 61.1 Å². The summed E-state index contributed by atoms with van der Waals surface area (Å²) in [6, 6.07) is 13.6. The van der Waals surface area contributed by atoms with Gasteiger partial charge < -0.3 is 19.7 Å². The number of rotatable bonds is 8. The summed E-state index contributed by atoms with van der Waals surface area (Å²) in [5.41, 5.74) is 3.04. The average molecular weight is 510 g/mol. The van der Waals surface area contributed by atoms with Crippen molar-refractivity contribution in [1.29, 1.82) is 0 Å². The highest BCUT2D eigenvalue weighted by molar-refractivity contribution is 8.01. The second-order valence-electron chi connectivity index (χ2n) is 9.85. The van der Waals surface area contributed by atoms with Crippen LogP contribution < -0.4 is 20.1 Å². The summed E-state index contributed by atoms with van der Waals surface area (Å²) in [4.78, 5) is 27.7. The number of likely N-dealkylation sites (tertiary alicyclic amines) is 1. The van der Waals surface area contributed by atoms with Crippen molar-refractivity contribution in [2.75, 3.05) is 25.6 Å². The Morgan fingerprint density at radius 1 is 1.06 bits per heavy atom. The third-order valence-electron chi connectivity index (χ3n) is 7.31. The Labute approximate surface area is 217 Å². The molecule has 8 heteroatoms. The first kappa shape index (κ1) is 25.0. The van der Waals surface area contributed by atoms with Crippen LogP contribution in [0.3, 0.4) is 0 Å². The molecule has 2 aromatic rings. The number of carbonyl (C=O) groups is 2. The monoisotopic (exact) mass is 509 g/mol. The number of nitrogens with zero attached hydrogens (tertiary/aromatic N) is 1. The van der Waals surface area contributed by atoms with Gasteiger partial charge in [0.2, 0.25) is 12.7 Å². The minimum absolute atomic E-state index is 0.00887. The van der Waals surface area contributed by atoms with Gasteiger partial charge in [0.1, 0.15) is 0 Å². The van der Waals surface area contributed by atoms with E-state index in [9.17, 15) is 9.59 Å². The lowest BCUT2D eigenvalue weighted by atomic mass is 10.0. The molecule has 192 valence electrons. The number of fused-ring (bicyclic) bond motifs is 1. The number of amides is 2. The maximum absolute atomic E-state index is 13.1. The lowest BCUT2D eigenvalue weighted by Crippen LogP contribution is -2.54. The fourth-order valence-electron chi connectivity index (χ4n) is 5.08. The van der Waals surface area contributed by atoms with Crippen molar-refractivity contribution >= 4 is 23.6 Å². The predicted octanol–water partition coefficient (Wildman–Crippen LogP) is 4.10. The van der Waals surface area contributed by atoms with Gasteiger partial charge in [-0.1, -0.05) is 38.0 Å². The van der Waals surface area contributed by atoms with Crippen molar-refractivity contribution in [1.82, 2.24) is 15.5 Å². The van der Waals surface area contributed by atoms with Gasteiger partial charge >= 0.3 is 0 Å². The van der Waals surface area contributed by atoms with Gasteiger partial charge in [0.05, 0.1) is 10.9 Å². The number of carbonyl (C=O) groups excluding carboxylic acids is 2. The van der Waals surface area contributed by atoms with Crippen LogP contribution >= 0.6 is 11.8 Å². The van der Waals surface area contributed by atoms with E-state index in [4.69, 9.17) is 9.47 Å². The first-order valence-corrected chi connectivity index (χ1v) is 14.0. The molecule has 2 aromatic carbocycles. The van der Waals surface area contributed by atoms with Gasteiger partial charge in [-0.25, -0.2) is 0 Å². The quantitative estimate of drug-likeness (QED) is 0.522. The highest BCUT2D eigenvalue weighted by atomic mass is 32.2. The van der Waals surface area contributed by atoms with E-state index in [-0.39, 0.29) is 29.5 Å². The van der Waals surface area contributed by atoms with E-state index in [1.807, 2.05) is 47.0 Å². The number of benzene rings is 2. The zero-order valence-electron chi connectivity index (χ0n) is 20.9. The highest BCUT2D eigenvalue weighted by Crippen LogP contribution is 2.39. The number of thioether (sulfide) groups is 1. The van der Waals surface area contributed by atoms with Gasteiger partial charge in [0.25, 0.3) is 5.91 Å². The third-order valence-corrected chi connectivity index (χ3v) is 8.89. The van der Waals surface area contributed by atoms with Crippen LogP contribution in [0.4, 0.5) is 0 Å². The number of unbranched alkanes of at least 4 members (excludes halogenated alkanes) is 2. The number of hydrogen-bond acceptors (Lipinski definition) is 6. The Hall–Kier alpha value is -2.71. The van der Waals surface area contributed by atoms with Gasteiger partial charge in [-0.3, -0.25) is 14.9 Å². The molecule has 36 heavy (non-hydrogen) atoms. The summed E-state index contributed by atoms with van der Waals surface area (Å²) in [6.07, 6.45) is 6.40. The summed E-state index contributed by atoms with van der Waals surface area (Å²) in [5, 5.41) is 6.63. The van der Waals surface area contributed by atoms with Crippen molar-refractivity contribution in [3.63, 3.8) is 0 Å². The molecule has 7 nitrogen and oxygen atoms in total. The molecule has 1 unspecified atom stereocenters. The van der Waals surface area contributed by atoms with E-state index >= 15 is 0 Å². The molecule has 1 atom stereocenters. The van der Waals surface area contributed by atoms with Gasteiger partial charge in [0.15, 0.2) is 11.5 Å². The number of ether oxygens (including phenoxy) is 2. The Bertz CT molecular complexity index is 1080. The average Bonchev–Trinajstić information content (AvgIpc) is 3.55. The van der Waals surface area contributed by atoms with Gasteiger partial charge in [-0.2, -0.15) is 0 Å². The Kier molecular flexibility index (Phi) is 7.72. The highest BCUT2D eigenvalue weighted by Gasteiger charge is 2.44. The van der Waals surface area contributed by atoms with Gasteiger partial charge in [-0.15, -0.1) is 11.8 Å². The van der Waals surface area contributed by atoms with Gasteiger partial charge in [0, 0.05) is 31.0 Å². The lowest BCUT2D eigenvalue weighted by Gasteiger charge is -2.39. The molecule has 3 aliphatic rings. The number of hydrogen-bond donors (Lipinski definition) is 2. The molecular formula is C28H35N3O4S. The normalized spacial score (nSPS) is 20.0. The molecule has 1 spiro atoms. The Morgan fingerprint density at radius 3 is 2.58 bits per heavy atom. The molecule has 5 rings (SSSR count). The van der Waals surface area contributed by atoms with E-state index in [2.05, 4.69) is 29.7 Å². The standard InChI is InChI=1S/C28H35N3O4S/c1-2-3-4-5-20-6-9-22(10-7-20)27(33)31-14-12-28(13-15-31)30-23(18-36-28)26(32)29-17-21-8-11-24-25(16-21)35-19-34-24/h6-11,16,23,30H,2-5,12-15,17-19H2,1H3,(H,29,32). The molecule has 2 saturated heterocycles. The minimum Gasteiger partial charge on any atom is -0.454 e. The fourth-order valence-corrected chi connectivity index (χ4v) is 6.50. The van der Waals surface area contributed by atoms with Crippen LogP contribution in [0, 0.1) is 0 Å². The van der Waals surface area contributed by atoms with Crippen LogP contribution in [0.25, 0.3) is 0 Å². The second kappa shape index (κ2) is 11.1. The van der Waals surface area contributed by atoms with E-state index < -0.39 is 0 Å². The number of nitrogens with one attached hydrogen (secondary N) is 2. The molecule has 0 aliphatic carbocycles. The summed E-state index contributed by atoms with van der Waals surface area (Å²) in [5.74, 6) is 2.31. The molecule has 2 amide bonds. The SMILES string of the molecule is CCCCCc1ccc(C(=O)N2CCC3(CC2)NC(C(=O)NCc2ccc4c(c2)OCO4)CS3)cc1. The Morgan fingerprint density at radius 2 is 1.81 bits per heavy atom. The summed E-state index contributed by atoms with van der Waals surface area (Å²) in [6.45, 7) is 4.29. The molecular weight excluding hydrogens is 474 g/mol. The molecule has 0 saturated carbocycles. The number of piperidine rings is 1. The van der Waals surface area contributed by atoms with E-state index in [0.717, 1.165) is 47.6 Å². The van der Waals surface area contributed by atoms with Crippen LogP contribution in [-0.2, 0) is 17.8 Å².